The first-order valence-electron chi connectivity index (χ1n) is 11.6. The molecule has 174 valence electrons. The van der Waals surface area contributed by atoms with E-state index in [1.807, 2.05) is 37.3 Å². The van der Waals surface area contributed by atoms with Crippen LogP contribution < -0.4 is 5.32 Å². The van der Waals surface area contributed by atoms with Crippen LogP contribution in [0.4, 0.5) is 5.82 Å². The Balaban J connectivity index is 1.31. The first-order chi connectivity index (χ1) is 16.6. The number of hydrogen-bond donors (Lipinski definition) is 1. The second-order valence-electron chi connectivity index (χ2n) is 8.98. The summed E-state index contributed by atoms with van der Waals surface area (Å²) in [6.07, 6.45) is 8.51. The molecule has 1 saturated heterocycles. The van der Waals surface area contributed by atoms with E-state index in [1.54, 1.807) is 27.7 Å². The van der Waals surface area contributed by atoms with Gasteiger partial charge >= 0.3 is 0 Å². The highest BCUT2D eigenvalue weighted by atomic mass is 16.7. The Morgan fingerprint density at radius 1 is 1.15 bits per heavy atom. The summed E-state index contributed by atoms with van der Waals surface area (Å²) in [6, 6.07) is 11.9. The highest BCUT2D eigenvalue weighted by Crippen LogP contribution is 2.42. The van der Waals surface area contributed by atoms with Gasteiger partial charge < -0.3 is 14.8 Å². The van der Waals surface area contributed by atoms with Gasteiger partial charge in [-0.25, -0.2) is 14.2 Å². The van der Waals surface area contributed by atoms with E-state index in [-0.39, 0.29) is 11.8 Å². The van der Waals surface area contributed by atoms with Crippen LogP contribution in [0.3, 0.4) is 0 Å². The average Bonchev–Trinajstić information content (AvgIpc) is 3.59. The third-order valence-electron chi connectivity index (χ3n) is 6.75. The van der Waals surface area contributed by atoms with Gasteiger partial charge in [0, 0.05) is 37.2 Å². The molecule has 0 unspecified atom stereocenters. The van der Waals surface area contributed by atoms with Crippen LogP contribution in [-0.2, 0) is 9.47 Å². The summed E-state index contributed by atoms with van der Waals surface area (Å²) in [4.78, 5) is 17.5. The molecule has 9 nitrogen and oxygen atoms in total. The molecule has 2 fully saturated rings. The van der Waals surface area contributed by atoms with Crippen LogP contribution in [0.2, 0.25) is 0 Å². The Kier molecular flexibility index (Phi) is 5.15. The fraction of sp³-hybridized carbons (Fsp3) is 0.360. The zero-order valence-corrected chi connectivity index (χ0v) is 19.0. The van der Waals surface area contributed by atoms with Crippen molar-refractivity contribution in [2.75, 3.05) is 18.5 Å². The van der Waals surface area contributed by atoms with Crippen molar-refractivity contribution in [1.82, 2.24) is 24.4 Å². The largest absolute Gasteiger partial charge is 0.348 e. The minimum atomic E-state index is -0.413. The Bertz CT molecular complexity index is 1330. The van der Waals surface area contributed by atoms with Gasteiger partial charge in [0.1, 0.15) is 11.4 Å². The van der Waals surface area contributed by atoms with Crippen molar-refractivity contribution in [3.8, 4) is 5.69 Å². The van der Waals surface area contributed by atoms with Crippen LogP contribution in [0.5, 0.6) is 0 Å². The molecule has 1 spiro atoms. The summed E-state index contributed by atoms with van der Waals surface area (Å²) in [5.41, 5.74) is 3.93. The van der Waals surface area contributed by atoms with E-state index in [1.165, 1.54) is 6.20 Å². The van der Waals surface area contributed by atoms with Gasteiger partial charge in [0.2, 0.25) is 0 Å². The Morgan fingerprint density at radius 3 is 2.68 bits per heavy atom. The van der Waals surface area contributed by atoms with Crippen molar-refractivity contribution in [1.29, 1.82) is 0 Å². The lowest BCUT2D eigenvalue weighted by molar-refractivity contribution is -0.178. The lowest BCUT2D eigenvalue weighted by Crippen LogP contribution is -2.34. The van der Waals surface area contributed by atoms with E-state index in [0.717, 1.165) is 42.6 Å². The number of fused-ring (bicyclic) bond motifs is 1. The molecule has 6 rings (SSSR count). The predicted molar refractivity (Wildman–Crippen MR) is 125 cm³/mol. The minimum absolute atomic E-state index is 0.274. The predicted octanol–water partition coefficient (Wildman–Crippen LogP) is 3.88. The van der Waals surface area contributed by atoms with Crippen molar-refractivity contribution < 1.29 is 14.3 Å². The van der Waals surface area contributed by atoms with Crippen LogP contribution in [0.1, 0.15) is 53.2 Å². The fourth-order valence-corrected chi connectivity index (χ4v) is 4.88. The summed E-state index contributed by atoms with van der Waals surface area (Å²) in [5, 5.41) is 12.2. The van der Waals surface area contributed by atoms with E-state index in [4.69, 9.17) is 14.6 Å². The first-order valence-corrected chi connectivity index (χ1v) is 11.6. The van der Waals surface area contributed by atoms with Crippen molar-refractivity contribution in [2.24, 2.45) is 0 Å². The summed E-state index contributed by atoms with van der Waals surface area (Å²) in [5.74, 6) is 0.208. The number of nitrogens with one attached hydrogen (secondary N) is 1. The summed E-state index contributed by atoms with van der Waals surface area (Å²) < 4.78 is 15.2. The minimum Gasteiger partial charge on any atom is -0.348 e. The van der Waals surface area contributed by atoms with E-state index in [9.17, 15) is 4.79 Å². The van der Waals surface area contributed by atoms with Gasteiger partial charge in [-0.05, 0) is 38.0 Å². The molecule has 1 N–H and O–H groups in total. The molecule has 1 aromatic carbocycles. The monoisotopic (exact) mass is 458 g/mol. The van der Waals surface area contributed by atoms with Crippen molar-refractivity contribution >= 4 is 17.4 Å². The molecule has 34 heavy (non-hydrogen) atoms. The number of rotatable bonds is 4. The average molecular weight is 459 g/mol. The van der Waals surface area contributed by atoms with Gasteiger partial charge in [-0.15, -0.1) is 0 Å². The molecule has 1 aliphatic carbocycles. The second-order valence-corrected chi connectivity index (χ2v) is 8.98. The molecule has 1 aliphatic heterocycles. The van der Waals surface area contributed by atoms with E-state index in [2.05, 4.69) is 15.4 Å². The summed E-state index contributed by atoms with van der Waals surface area (Å²) in [6.45, 7) is 3.38. The van der Waals surface area contributed by atoms with Gasteiger partial charge in [-0.2, -0.15) is 10.2 Å². The number of nitrogens with zero attached hydrogens (tertiary/aromatic N) is 5. The number of anilines is 1. The normalized spacial score (nSPS) is 18.0. The van der Waals surface area contributed by atoms with Crippen molar-refractivity contribution in [2.45, 2.75) is 44.3 Å². The van der Waals surface area contributed by atoms with Crippen LogP contribution in [-0.4, -0.2) is 49.3 Å². The number of amides is 1. The molecule has 9 heteroatoms. The topological polar surface area (TPSA) is 95.6 Å². The highest BCUT2D eigenvalue weighted by Gasteiger charge is 2.41. The van der Waals surface area contributed by atoms with Crippen LogP contribution in [0.25, 0.3) is 11.3 Å². The summed E-state index contributed by atoms with van der Waals surface area (Å²) >= 11 is 0. The zero-order valence-electron chi connectivity index (χ0n) is 19.0. The number of aryl methyl sites for hydroxylation is 1. The van der Waals surface area contributed by atoms with Crippen molar-refractivity contribution in [3.05, 3.63) is 71.8 Å². The van der Waals surface area contributed by atoms with Crippen LogP contribution in [0, 0.1) is 6.92 Å². The molecule has 4 heterocycles. The lowest BCUT2D eigenvalue weighted by atomic mass is 9.83. The number of carbonyl (C=O) groups is 1. The SMILES string of the molecule is Cc1ccc(-n2nc(C3CCC4(CC3)OCCO4)cc2NC(=O)c2cnn3cccnc23)cc1. The fourth-order valence-electron chi connectivity index (χ4n) is 4.88. The molecule has 2 aliphatic rings. The Labute approximate surface area is 196 Å². The zero-order chi connectivity index (χ0) is 23.1. The molecule has 1 saturated carbocycles. The molecule has 4 aromatic rings. The molecule has 1 amide bonds. The van der Waals surface area contributed by atoms with Gasteiger partial charge in [0.25, 0.3) is 5.91 Å². The number of carbonyl (C=O) groups excluding carboxylic acids is 1. The Hall–Kier alpha value is -3.56. The summed E-state index contributed by atoms with van der Waals surface area (Å²) in [7, 11) is 0. The number of aromatic nitrogens is 5. The Morgan fingerprint density at radius 2 is 1.91 bits per heavy atom. The van der Waals surface area contributed by atoms with Gasteiger partial charge in [-0.1, -0.05) is 17.7 Å². The molecule has 0 bridgehead atoms. The molecule has 0 radical (unpaired) electrons. The standard InChI is InChI=1S/C25H26N6O3/c1-17-3-5-19(6-4-17)31-22(28-24(32)20-16-27-30-12-2-11-26-23(20)30)15-21(29-31)18-7-9-25(10-8-18)33-13-14-34-25/h2-6,11-12,15-16,18H,7-10,13-14H2,1H3,(H,28,32). The molecule has 3 aromatic heterocycles. The van der Waals surface area contributed by atoms with Crippen LogP contribution >= 0.6 is 0 Å². The van der Waals surface area contributed by atoms with Gasteiger partial charge in [0.15, 0.2) is 11.4 Å². The molecular weight excluding hydrogens is 432 g/mol. The first kappa shape index (κ1) is 21.0. The molecular formula is C25H26N6O3. The van der Waals surface area contributed by atoms with Gasteiger partial charge in [0.05, 0.1) is 30.8 Å². The smallest absolute Gasteiger partial charge is 0.262 e. The number of hydrogen-bond acceptors (Lipinski definition) is 6. The van der Waals surface area contributed by atoms with Crippen molar-refractivity contribution in [3.63, 3.8) is 0 Å². The highest BCUT2D eigenvalue weighted by molar-refractivity contribution is 6.07. The number of ether oxygens (including phenoxy) is 2. The maximum atomic E-state index is 13.2. The van der Waals surface area contributed by atoms with E-state index >= 15 is 0 Å². The number of benzene rings is 1. The van der Waals surface area contributed by atoms with E-state index < -0.39 is 5.79 Å². The third kappa shape index (κ3) is 3.76. The molecule has 0 atom stereocenters. The quantitative estimate of drug-likeness (QED) is 0.499. The van der Waals surface area contributed by atoms with E-state index in [0.29, 0.717) is 30.2 Å². The van der Waals surface area contributed by atoms with Crippen LogP contribution in [0.15, 0.2) is 55.0 Å². The lowest BCUT2D eigenvalue weighted by Gasteiger charge is -2.34. The second kappa shape index (κ2) is 8.34. The van der Waals surface area contributed by atoms with Gasteiger partial charge in [-0.3, -0.25) is 4.79 Å². The maximum Gasteiger partial charge on any atom is 0.262 e. The maximum absolute atomic E-state index is 13.2. The third-order valence-corrected chi connectivity index (χ3v) is 6.75.